The van der Waals surface area contributed by atoms with Gasteiger partial charge in [0.25, 0.3) is 0 Å². The highest BCUT2D eigenvalue weighted by Gasteiger charge is 2.56. The van der Waals surface area contributed by atoms with Crippen LogP contribution in [0.15, 0.2) is 109 Å². The number of nitrogens with zero attached hydrogens (tertiary/aromatic N) is 1. The van der Waals surface area contributed by atoms with Crippen LogP contribution in [-0.2, 0) is 0 Å². The van der Waals surface area contributed by atoms with Crippen molar-refractivity contribution in [3.05, 3.63) is 137 Å². The molecule has 1 aromatic heterocycles. The summed E-state index contributed by atoms with van der Waals surface area (Å²) in [6, 6.07) is 38.3. The van der Waals surface area contributed by atoms with Crippen molar-refractivity contribution in [3.63, 3.8) is 0 Å². The summed E-state index contributed by atoms with van der Waals surface area (Å²) in [5.74, 6) is 1.23. The summed E-state index contributed by atoms with van der Waals surface area (Å²) in [5.41, 5.74) is 7.29. The van der Waals surface area contributed by atoms with Gasteiger partial charge in [-0.25, -0.2) is 0 Å². The number of fused-ring (bicyclic) bond motifs is 1. The summed E-state index contributed by atoms with van der Waals surface area (Å²) >= 11 is 0. The molecule has 0 fully saturated rings. The van der Waals surface area contributed by atoms with Crippen LogP contribution < -0.4 is 4.57 Å². The van der Waals surface area contributed by atoms with E-state index in [4.69, 9.17) is 0 Å². The molecule has 3 heterocycles. The molecule has 1 aliphatic carbocycles. The Labute approximate surface area is 165 Å². The molecule has 3 aromatic carbocycles. The normalized spacial score (nSPS) is 24.4. The van der Waals surface area contributed by atoms with E-state index in [1.54, 1.807) is 0 Å². The zero-order valence-electron chi connectivity index (χ0n) is 15.6. The maximum atomic E-state index is 2.53. The van der Waals surface area contributed by atoms with Gasteiger partial charge in [0, 0.05) is 23.6 Å². The summed E-state index contributed by atoms with van der Waals surface area (Å²) < 4.78 is 2.53. The van der Waals surface area contributed by atoms with Gasteiger partial charge < -0.3 is 0 Å². The van der Waals surface area contributed by atoms with Crippen molar-refractivity contribution < 1.29 is 4.57 Å². The lowest BCUT2D eigenvalue weighted by molar-refractivity contribution is -0.734. The van der Waals surface area contributed by atoms with Gasteiger partial charge in [0.1, 0.15) is 0 Å². The average Bonchev–Trinajstić information content (AvgIpc) is 2.79. The molecule has 0 amide bonds. The fourth-order valence-electron chi connectivity index (χ4n) is 5.65. The molecule has 1 nitrogen and oxygen atoms in total. The lowest BCUT2D eigenvalue weighted by Gasteiger charge is -2.46. The summed E-state index contributed by atoms with van der Waals surface area (Å²) in [5, 5.41) is 0. The van der Waals surface area contributed by atoms with E-state index in [0.717, 1.165) is 0 Å². The largest absolute Gasteiger partial charge is 0.194 e. The number of pyridine rings is 1. The van der Waals surface area contributed by atoms with Gasteiger partial charge in [-0.15, -0.1) is 0 Å². The van der Waals surface area contributed by atoms with Crippen molar-refractivity contribution >= 4 is 0 Å². The summed E-state index contributed by atoms with van der Waals surface area (Å²) in [6.07, 6.45) is 2.28. The molecule has 28 heavy (non-hydrogen) atoms. The highest BCUT2D eigenvalue weighted by Crippen LogP contribution is 2.59. The van der Waals surface area contributed by atoms with Gasteiger partial charge in [0.2, 0.25) is 0 Å². The van der Waals surface area contributed by atoms with Gasteiger partial charge >= 0.3 is 0 Å². The molecule has 134 valence electrons. The fraction of sp³-hybridized carbons (Fsp3) is 0.148. The predicted molar refractivity (Wildman–Crippen MR) is 111 cm³/mol. The second kappa shape index (κ2) is 6.17. The third kappa shape index (κ3) is 2.16. The van der Waals surface area contributed by atoms with Crippen molar-refractivity contribution in [2.75, 3.05) is 0 Å². The molecule has 7 rings (SSSR count). The van der Waals surface area contributed by atoms with E-state index in [9.17, 15) is 0 Å². The highest BCUT2D eigenvalue weighted by molar-refractivity contribution is 5.50. The molecule has 2 bridgehead atoms. The Bertz CT molecular complexity index is 994. The SMILES string of the molecule is c1ccc([C@@H]2[C@@H](c3ccccc3)[C@@H]3c4ccccc4[C@@H]2[n+]2ccccc23)cc1. The molecule has 4 atom stereocenters. The van der Waals surface area contributed by atoms with Crippen molar-refractivity contribution in [1.82, 2.24) is 0 Å². The Morgan fingerprint density at radius 3 is 1.79 bits per heavy atom. The van der Waals surface area contributed by atoms with Crippen LogP contribution in [0.2, 0.25) is 0 Å². The quantitative estimate of drug-likeness (QED) is 0.410. The summed E-state index contributed by atoms with van der Waals surface area (Å²) in [4.78, 5) is 0. The van der Waals surface area contributed by atoms with Crippen LogP contribution in [0.25, 0.3) is 0 Å². The van der Waals surface area contributed by atoms with Gasteiger partial charge in [-0.1, -0.05) is 91.0 Å². The zero-order chi connectivity index (χ0) is 18.5. The van der Waals surface area contributed by atoms with E-state index in [1.165, 1.54) is 27.9 Å². The lowest BCUT2D eigenvalue weighted by Crippen LogP contribution is -2.57. The average molecular weight is 360 g/mol. The van der Waals surface area contributed by atoms with Crippen molar-refractivity contribution in [3.8, 4) is 0 Å². The molecule has 2 aliphatic heterocycles. The van der Waals surface area contributed by atoms with Crippen molar-refractivity contribution in [2.45, 2.75) is 23.8 Å². The molecular formula is C27H22N+. The number of hydrogen-bond acceptors (Lipinski definition) is 0. The number of rotatable bonds is 2. The van der Waals surface area contributed by atoms with Crippen LogP contribution in [0, 0.1) is 0 Å². The smallest absolute Gasteiger partial charge is 0.191 e. The molecule has 4 aromatic rings. The van der Waals surface area contributed by atoms with Crippen LogP contribution in [0.1, 0.15) is 51.7 Å². The minimum atomic E-state index is 0.324. The Kier molecular flexibility index (Phi) is 3.49. The second-order valence-electron chi connectivity index (χ2n) is 7.96. The summed E-state index contributed by atoms with van der Waals surface area (Å²) in [7, 11) is 0. The minimum absolute atomic E-state index is 0.324. The van der Waals surface area contributed by atoms with Crippen LogP contribution >= 0.6 is 0 Å². The monoisotopic (exact) mass is 360 g/mol. The van der Waals surface area contributed by atoms with E-state index in [2.05, 4.69) is 114 Å². The fourth-order valence-corrected chi connectivity index (χ4v) is 5.65. The van der Waals surface area contributed by atoms with E-state index >= 15 is 0 Å². The molecule has 0 N–H and O–H groups in total. The first-order valence-corrected chi connectivity index (χ1v) is 10.1. The van der Waals surface area contributed by atoms with Crippen LogP contribution in [0.4, 0.5) is 0 Å². The number of benzene rings is 3. The maximum absolute atomic E-state index is 2.53. The van der Waals surface area contributed by atoms with Crippen LogP contribution in [-0.4, -0.2) is 0 Å². The third-order valence-electron chi connectivity index (χ3n) is 6.65. The number of hydrogen-bond donors (Lipinski definition) is 0. The minimum Gasteiger partial charge on any atom is -0.194 e. The second-order valence-corrected chi connectivity index (χ2v) is 7.96. The Morgan fingerprint density at radius 1 is 0.500 bits per heavy atom. The number of aromatic nitrogens is 1. The van der Waals surface area contributed by atoms with Gasteiger partial charge in [0.05, 0.1) is 11.8 Å². The van der Waals surface area contributed by atoms with E-state index in [0.29, 0.717) is 23.8 Å². The van der Waals surface area contributed by atoms with E-state index < -0.39 is 0 Å². The first-order valence-electron chi connectivity index (χ1n) is 10.1. The third-order valence-corrected chi connectivity index (χ3v) is 6.65. The van der Waals surface area contributed by atoms with Gasteiger partial charge in [-0.3, -0.25) is 0 Å². The summed E-state index contributed by atoms with van der Waals surface area (Å²) in [6.45, 7) is 0. The van der Waals surface area contributed by atoms with Crippen molar-refractivity contribution in [2.24, 2.45) is 0 Å². The predicted octanol–water partition coefficient (Wildman–Crippen LogP) is 5.59. The van der Waals surface area contributed by atoms with E-state index in [1.807, 2.05) is 0 Å². The maximum Gasteiger partial charge on any atom is 0.191 e. The Balaban J connectivity index is 1.68. The van der Waals surface area contributed by atoms with Crippen molar-refractivity contribution in [1.29, 1.82) is 0 Å². The Morgan fingerprint density at radius 2 is 1.07 bits per heavy atom. The topological polar surface area (TPSA) is 3.88 Å². The molecule has 0 radical (unpaired) electrons. The molecule has 1 heteroatoms. The lowest BCUT2D eigenvalue weighted by atomic mass is 9.58. The molecular weight excluding hydrogens is 338 g/mol. The van der Waals surface area contributed by atoms with Crippen LogP contribution in [0.5, 0.6) is 0 Å². The van der Waals surface area contributed by atoms with Crippen LogP contribution in [0.3, 0.4) is 0 Å². The Hall–Kier alpha value is -3.19. The van der Waals surface area contributed by atoms with Gasteiger partial charge in [-0.2, -0.15) is 4.57 Å². The molecule has 0 spiro atoms. The van der Waals surface area contributed by atoms with Gasteiger partial charge in [-0.05, 0) is 16.7 Å². The molecule has 0 saturated heterocycles. The van der Waals surface area contributed by atoms with Gasteiger partial charge in [0.15, 0.2) is 17.9 Å². The zero-order valence-corrected chi connectivity index (χ0v) is 15.6. The first kappa shape index (κ1) is 15.8. The molecule has 0 saturated carbocycles. The standard InChI is InChI=1S/C27H22N/c1-3-11-19(12-4-1)24-25(20-13-5-2-6-14-20)27-22-16-8-7-15-21(22)26(24)23-17-9-10-18-28(23)27/h1-18,24-27H/q+1/t24-,25-,26-,27+/m1/s1. The molecule has 3 aliphatic rings. The molecule has 0 unspecified atom stereocenters. The highest BCUT2D eigenvalue weighted by atomic mass is 15.0. The first-order chi connectivity index (χ1) is 13.9. The van der Waals surface area contributed by atoms with E-state index in [-0.39, 0.29) is 0 Å².